The molecule has 1 aliphatic heterocycles. The summed E-state index contributed by atoms with van der Waals surface area (Å²) >= 11 is 0. The molecule has 0 spiro atoms. The van der Waals surface area contributed by atoms with Gasteiger partial charge in [-0.2, -0.15) is 0 Å². The van der Waals surface area contributed by atoms with Gasteiger partial charge in [0.15, 0.2) is 0 Å². The highest BCUT2D eigenvalue weighted by atomic mass is 19.3. The zero-order valence-corrected chi connectivity index (χ0v) is 13.6. The molecule has 1 aliphatic carbocycles. The number of hydrogen-bond acceptors (Lipinski definition) is 3. The van der Waals surface area contributed by atoms with Gasteiger partial charge >= 0.3 is 0 Å². The SMILES string of the molecule is CC1CCCc2nc(N3CCC(F)(F)C(C)C3)c(C(N)=O)cc21. The molecule has 2 atom stereocenters. The van der Waals surface area contributed by atoms with Gasteiger partial charge in [0, 0.05) is 31.1 Å². The quantitative estimate of drug-likeness (QED) is 0.910. The lowest BCUT2D eigenvalue weighted by atomic mass is 9.86. The maximum absolute atomic E-state index is 13.7. The topological polar surface area (TPSA) is 59.2 Å². The van der Waals surface area contributed by atoms with E-state index in [4.69, 9.17) is 5.73 Å². The van der Waals surface area contributed by atoms with Crippen molar-refractivity contribution in [1.82, 2.24) is 4.98 Å². The Labute approximate surface area is 135 Å². The van der Waals surface area contributed by atoms with E-state index in [1.807, 2.05) is 6.07 Å². The van der Waals surface area contributed by atoms with Gasteiger partial charge < -0.3 is 10.6 Å². The summed E-state index contributed by atoms with van der Waals surface area (Å²) in [6.07, 6.45) is 2.77. The van der Waals surface area contributed by atoms with Crippen molar-refractivity contribution in [3.05, 3.63) is 22.9 Å². The molecule has 6 heteroatoms. The first-order valence-electron chi connectivity index (χ1n) is 8.26. The number of halogens is 2. The molecule has 2 aliphatic rings. The molecule has 23 heavy (non-hydrogen) atoms. The van der Waals surface area contributed by atoms with Crippen molar-refractivity contribution in [2.45, 2.75) is 51.4 Å². The van der Waals surface area contributed by atoms with Crippen LogP contribution in [-0.4, -0.2) is 29.9 Å². The van der Waals surface area contributed by atoms with Crippen molar-refractivity contribution in [2.24, 2.45) is 11.7 Å². The van der Waals surface area contributed by atoms with Gasteiger partial charge in [0.2, 0.25) is 0 Å². The minimum atomic E-state index is -2.66. The number of alkyl halides is 2. The number of carbonyl (C=O) groups excluding carboxylic acids is 1. The number of amides is 1. The monoisotopic (exact) mass is 323 g/mol. The van der Waals surface area contributed by atoms with Crippen LogP contribution in [0.1, 0.15) is 60.6 Å². The molecule has 1 saturated heterocycles. The number of rotatable bonds is 2. The first-order valence-corrected chi connectivity index (χ1v) is 8.26. The van der Waals surface area contributed by atoms with Gasteiger partial charge in [-0.15, -0.1) is 0 Å². The number of piperidine rings is 1. The summed E-state index contributed by atoms with van der Waals surface area (Å²) in [7, 11) is 0. The normalized spacial score (nSPS) is 26.7. The van der Waals surface area contributed by atoms with E-state index in [0.29, 0.717) is 17.3 Å². The molecule has 4 nitrogen and oxygen atoms in total. The first-order chi connectivity index (χ1) is 10.8. The molecular weight excluding hydrogens is 300 g/mol. The lowest BCUT2D eigenvalue weighted by molar-refractivity contribution is -0.0652. The van der Waals surface area contributed by atoms with Crippen LogP contribution in [-0.2, 0) is 6.42 Å². The van der Waals surface area contributed by atoms with E-state index in [0.717, 1.165) is 30.5 Å². The fourth-order valence-electron chi connectivity index (χ4n) is 3.61. The van der Waals surface area contributed by atoms with Gasteiger partial charge in [0.05, 0.1) is 5.56 Å². The molecule has 1 aromatic rings. The molecule has 0 radical (unpaired) electrons. The molecule has 126 valence electrons. The van der Waals surface area contributed by atoms with Crippen LogP contribution in [0.5, 0.6) is 0 Å². The Morgan fingerprint density at radius 3 is 2.83 bits per heavy atom. The lowest BCUT2D eigenvalue weighted by Crippen LogP contribution is -2.47. The number of aromatic nitrogens is 1. The van der Waals surface area contributed by atoms with E-state index in [2.05, 4.69) is 11.9 Å². The molecule has 2 unspecified atom stereocenters. The molecular formula is C17H23F2N3O. The molecule has 0 aromatic carbocycles. The van der Waals surface area contributed by atoms with Crippen LogP contribution in [0.25, 0.3) is 0 Å². The van der Waals surface area contributed by atoms with E-state index < -0.39 is 17.7 Å². The second-order valence-electron chi connectivity index (χ2n) is 6.91. The van der Waals surface area contributed by atoms with Gasteiger partial charge in [-0.05, 0) is 36.8 Å². The number of primary amides is 1. The Bertz CT molecular complexity index is 633. The van der Waals surface area contributed by atoms with Crippen LogP contribution in [0, 0.1) is 5.92 Å². The third kappa shape index (κ3) is 2.91. The molecule has 0 bridgehead atoms. The largest absolute Gasteiger partial charge is 0.365 e. The maximum atomic E-state index is 13.7. The van der Waals surface area contributed by atoms with Crippen LogP contribution in [0.15, 0.2) is 6.07 Å². The van der Waals surface area contributed by atoms with Gasteiger partial charge in [-0.1, -0.05) is 13.8 Å². The Kier molecular flexibility index (Phi) is 4.02. The summed E-state index contributed by atoms with van der Waals surface area (Å²) in [4.78, 5) is 18.3. The Hall–Kier alpha value is -1.72. The van der Waals surface area contributed by atoms with Gasteiger partial charge in [0.25, 0.3) is 11.8 Å². The zero-order chi connectivity index (χ0) is 16.8. The number of anilines is 1. The Morgan fingerprint density at radius 1 is 1.43 bits per heavy atom. The van der Waals surface area contributed by atoms with Crippen LogP contribution in [0.2, 0.25) is 0 Å². The summed E-state index contributed by atoms with van der Waals surface area (Å²) in [5, 5.41) is 0. The van der Waals surface area contributed by atoms with Crippen LogP contribution in [0.4, 0.5) is 14.6 Å². The highest BCUT2D eigenvalue weighted by Crippen LogP contribution is 2.38. The average molecular weight is 323 g/mol. The van der Waals surface area contributed by atoms with Crippen molar-refractivity contribution in [2.75, 3.05) is 18.0 Å². The van der Waals surface area contributed by atoms with Crippen molar-refractivity contribution < 1.29 is 13.6 Å². The fourth-order valence-corrected chi connectivity index (χ4v) is 3.61. The number of carbonyl (C=O) groups is 1. The highest BCUT2D eigenvalue weighted by Gasteiger charge is 2.42. The van der Waals surface area contributed by atoms with Gasteiger partial charge in [-0.3, -0.25) is 4.79 Å². The highest BCUT2D eigenvalue weighted by molar-refractivity contribution is 5.98. The van der Waals surface area contributed by atoms with E-state index in [9.17, 15) is 13.6 Å². The Balaban J connectivity index is 2.00. The summed E-state index contributed by atoms with van der Waals surface area (Å²) in [5.74, 6) is -3.14. The first kappa shape index (κ1) is 16.1. The summed E-state index contributed by atoms with van der Waals surface area (Å²) in [5.41, 5.74) is 7.94. The lowest BCUT2D eigenvalue weighted by Gasteiger charge is -2.38. The van der Waals surface area contributed by atoms with Crippen molar-refractivity contribution in [1.29, 1.82) is 0 Å². The maximum Gasteiger partial charge on any atom is 0.254 e. The average Bonchev–Trinajstić information content (AvgIpc) is 2.49. The predicted molar refractivity (Wildman–Crippen MR) is 85.0 cm³/mol. The number of nitrogens with zero attached hydrogens (tertiary/aromatic N) is 2. The molecule has 1 aromatic heterocycles. The van der Waals surface area contributed by atoms with E-state index >= 15 is 0 Å². The van der Waals surface area contributed by atoms with Crippen LogP contribution >= 0.6 is 0 Å². The smallest absolute Gasteiger partial charge is 0.254 e. The van der Waals surface area contributed by atoms with Gasteiger partial charge in [0.1, 0.15) is 5.82 Å². The van der Waals surface area contributed by atoms with E-state index in [1.54, 1.807) is 4.90 Å². The van der Waals surface area contributed by atoms with Crippen molar-refractivity contribution in [3.8, 4) is 0 Å². The molecule has 1 fully saturated rings. The third-order valence-corrected chi connectivity index (χ3v) is 5.19. The van der Waals surface area contributed by atoms with Crippen LogP contribution in [0.3, 0.4) is 0 Å². The molecule has 1 amide bonds. The number of fused-ring (bicyclic) bond motifs is 1. The fraction of sp³-hybridized carbons (Fsp3) is 0.647. The number of aryl methyl sites for hydroxylation is 1. The van der Waals surface area contributed by atoms with Gasteiger partial charge in [-0.25, -0.2) is 13.8 Å². The molecule has 0 saturated carbocycles. The zero-order valence-electron chi connectivity index (χ0n) is 13.6. The Morgan fingerprint density at radius 2 is 2.17 bits per heavy atom. The van der Waals surface area contributed by atoms with E-state index in [-0.39, 0.29) is 19.5 Å². The predicted octanol–water partition coefficient (Wildman–Crippen LogP) is 3.10. The molecule has 2 N–H and O–H groups in total. The molecule has 2 heterocycles. The van der Waals surface area contributed by atoms with Crippen LogP contribution < -0.4 is 10.6 Å². The second kappa shape index (κ2) is 5.73. The summed E-state index contributed by atoms with van der Waals surface area (Å²) < 4.78 is 27.5. The number of hydrogen-bond donors (Lipinski definition) is 1. The van der Waals surface area contributed by atoms with Crippen molar-refractivity contribution >= 4 is 11.7 Å². The number of nitrogens with two attached hydrogens (primary N) is 1. The minimum Gasteiger partial charge on any atom is -0.365 e. The second-order valence-corrected chi connectivity index (χ2v) is 6.91. The minimum absolute atomic E-state index is 0.189. The molecule has 3 rings (SSSR count). The summed E-state index contributed by atoms with van der Waals surface area (Å²) in [6.45, 7) is 4.04. The summed E-state index contributed by atoms with van der Waals surface area (Å²) in [6, 6.07) is 1.83. The number of pyridine rings is 1. The standard InChI is InChI=1S/C17H23F2N3O/c1-10-4-3-5-14-12(10)8-13(15(20)23)16(21-14)22-7-6-17(18,19)11(2)9-22/h8,10-11H,3-7,9H2,1-2H3,(H2,20,23). The third-order valence-electron chi connectivity index (χ3n) is 5.19. The van der Waals surface area contributed by atoms with Crippen molar-refractivity contribution in [3.63, 3.8) is 0 Å². The van der Waals surface area contributed by atoms with E-state index in [1.165, 1.54) is 6.92 Å².